The van der Waals surface area contributed by atoms with E-state index in [-0.39, 0.29) is 18.6 Å². The molecule has 0 aliphatic carbocycles. The smallest absolute Gasteiger partial charge is 0.253 e. The van der Waals surface area contributed by atoms with Crippen LogP contribution in [0, 0.1) is 0 Å². The van der Waals surface area contributed by atoms with Crippen molar-refractivity contribution >= 4 is 17.9 Å². The number of carbonyl (C=O) groups excluding carboxylic acids is 2. The number of hydrogen-bond acceptors (Lipinski definition) is 4. The van der Waals surface area contributed by atoms with Gasteiger partial charge in [0.1, 0.15) is 0 Å². The molecule has 1 heterocycles. The quantitative estimate of drug-likeness (QED) is 0.840. The lowest BCUT2D eigenvalue weighted by atomic mass is 10.1. The van der Waals surface area contributed by atoms with E-state index in [4.69, 9.17) is 9.47 Å². The van der Waals surface area contributed by atoms with Gasteiger partial charge in [-0.2, -0.15) is 0 Å². The molecule has 6 nitrogen and oxygen atoms in total. The van der Waals surface area contributed by atoms with Gasteiger partial charge in [0.2, 0.25) is 12.7 Å². The Morgan fingerprint density at radius 3 is 2.54 bits per heavy atom. The average Bonchev–Trinajstić information content (AvgIpc) is 3.12. The molecule has 0 atom stereocenters. The number of carbonyl (C=O) groups is 2. The van der Waals surface area contributed by atoms with Gasteiger partial charge in [0.05, 0.1) is 0 Å². The highest BCUT2D eigenvalue weighted by atomic mass is 16.7. The van der Waals surface area contributed by atoms with Crippen LogP contribution in [0.2, 0.25) is 0 Å². The molecule has 0 bridgehead atoms. The highest BCUT2D eigenvalue weighted by Crippen LogP contribution is 2.32. The molecule has 6 heteroatoms. The third-order valence-corrected chi connectivity index (χ3v) is 3.89. The molecule has 0 aromatic heterocycles. The number of fused-ring (bicyclic) bond motifs is 1. The average molecular weight is 352 g/mol. The molecule has 2 amide bonds. The minimum absolute atomic E-state index is 0.0537. The molecule has 1 aliphatic rings. The van der Waals surface area contributed by atoms with Crippen molar-refractivity contribution in [3.63, 3.8) is 0 Å². The summed E-state index contributed by atoms with van der Waals surface area (Å²) in [6.07, 6.45) is 3.18. The van der Waals surface area contributed by atoms with Gasteiger partial charge in [0.15, 0.2) is 11.5 Å². The number of nitrogens with zero attached hydrogens (tertiary/aromatic N) is 1. The summed E-state index contributed by atoms with van der Waals surface area (Å²) in [5.41, 5.74) is 2.39. The normalized spacial score (nSPS) is 12.2. The maximum Gasteiger partial charge on any atom is 0.253 e. The molecule has 0 radical (unpaired) electrons. The van der Waals surface area contributed by atoms with Crippen molar-refractivity contribution in [1.29, 1.82) is 0 Å². The Labute approximate surface area is 152 Å². The number of benzene rings is 2. The highest BCUT2D eigenvalue weighted by molar-refractivity contribution is 5.94. The van der Waals surface area contributed by atoms with Gasteiger partial charge in [-0.05, 0) is 41.5 Å². The third-order valence-electron chi connectivity index (χ3n) is 3.89. The van der Waals surface area contributed by atoms with Gasteiger partial charge in [-0.25, -0.2) is 0 Å². The number of nitrogens with one attached hydrogen (secondary N) is 1. The second-order valence-corrected chi connectivity index (χ2v) is 6.06. The first kappa shape index (κ1) is 17.5. The van der Waals surface area contributed by atoms with Crippen LogP contribution in [0.4, 0.5) is 0 Å². The van der Waals surface area contributed by atoms with Gasteiger partial charge in [-0.1, -0.05) is 18.2 Å². The summed E-state index contributed by atoms with van der Waals surface area (Å²) in [5, 5.41) is 2.82. The summed E-state index contributed by atoms with van der Waals surface area (Å²) in [6, 6.07) is 12.7. The van der Waals surface area contributed by atoms with Gasteiger partial charge < -0.3 is 19.7 Å². The van der Waals surface area contributed by atoms with Crippen molar-refractivity contribution in [3.8, 4) is 11.5 Å². The number of hydrogen-bond donors (Lipinski definition) is 1. The Bertz CT molecular complexity index is 841. The van der Waals surface area contributed by atoms with Crippen LogP contribution in [0.5, 0.6) is 11.5 Å². The van der Waals surface area contributed by atoms with Crippen molar-refractivity contribution < 1.29 is 19.1 Å². The molecular weight excluding hydrogens is 332 g/mol. The van der Waals surface area contributed by atoms with Gasteiger partial charge in [0, 0.05) is 32.3 Å². The summed E-state index contributed by atoms with van der Waals surface area (Å²) in [7, 11) is 3.42. The number of ether oxygens (including phenoxy) is 2. The van der Waals surface area contributed by atoms with Crippen LogP contribution in [0.1, 0.15) is 21.5 Å². The fraction of sp³-hybridized carbons (Fsp3) is 0.200. The van der Waals surface area contributed by atoms with Crippen molar-refractivity contribution in [2.45, 2.75) is 6.54 Å². The number of rotatable bonds is 5. The summed E-state index contributed by atoms with van der Waals surface area (Å²) >= 11 is 0. The molecule has 134 valence electrons. The SMILES string of the molecule is CN(C)C(=O)c1ccc(/C=C/C(=O)NCc2ccc3c(c2)OCO3)cc1. The molecule has 0 spiro atoms. The first-order chi connectivity index (χ1) is 12.5. The van der Waals surface area contributed by atoms with Crippen LogP contribution >= 0.6 is 0 Å². The predicted octanol–water partition coefficient (Wildman–Crippen LogP) is 2.45. The van der Waals surface area contributed by atoms with Gasteiger partial charge in [0.25, 0.3) is 5.91 Å². The summed E-state index contributed by atoms with van der Waals surface area (Å²) in [4.78, 5) is 25.3. The number of amides is 2. The van der Waals surface area contributed by atoms with E-state index in [0.717, 1.165) is 16.9 Å². The van der Waals surface area contributed by atoms with E-state index in [1.807, 2.05) is 18.2 Å². The molecule has 1 N–H and O–H groups in total. The zero-order chi connectivity index (χ0) is 18.5. The maximum absolute atomic E-state index is 12.0. The fourth-order valence-corrected chi connectivity index (χ4v) is 2.47. The zero-order valence-corrected chi connectivity index (χ0v) is 14.7. The van der Waals surface area contributed by atoms with E-state index < -0.39 is 0 Å². The van der Waals surface area contributed by atoms with Crippen molar-refractivity contribution in [2.24, 2.45) is 0 Å². The monoisotopic (exact) mass is 352 g/mol. The predicted molar refractivity (Wildman–Crippen MR) is 97.9 cm³/mol. The largest absolute Gasteiger partial charge is 0.454 e. The fourth-order valence-electron chi connectivity index (χ4n) is 2.47. The highest BCUT2D eigenvalue weighted by Gasteiger charge is 2.13. The molecule has 1 aliphatic heterocycles. The van der Waals surface area contributed by atoms with E-state index in [2.05, 4.69) is 5.32 Å². The van der Waals surface area contributed by atoms with Crippen LogP contribution in [0.25, 0.3) is 6.08 Å². The molecule has 2 aromatic rings. The Morgan fingerprint density at radius 1 is 1.08 bits per heavy atom. The maximum atomic E-state index is 12.0. The Hall–Kier alpha value is -3.28. The Kier molecular flexibility index (Phi) is 5.22. The van der Waals surface area contributed by atoms with E-state index in [0.29, 0.717) is 17.9 Å². The van der Waals surface area contributed by atoms with E-state index in [1.54, 1.807) is 44.4 Å². The summed E-state index contributed by atoms with van der Waals surface area (Å²) in [6.45, 7) is 0.628. The van der Waals surface area contributed by atoms with Crippen molar-refractivity contribution in [2.75, 3.05) is 20.9 Å². The van der Waals surface area contributed by atoms with Crippen LogP contribution in [-0.4, -0.2) is 37.6 Å². The van der Waals surface area contributed by atoms with Gasteiger partial charge in [-0.3, -0.25) is 9.59 Å². The van der Waals surface area contributed by atoms with E-state index >= 15 is 0 Å². The van der Waals surface area contributed by atoms with Crippen LogP contribution in [0.3, 0.4) is 0 Å². The summed E-state index contributed by atoms with van der Waals surface area (Å²) < 4.78 is 10.6. The Morgan fingerprint density at radius 2 is 1.81 bits per heavy atom. The van der Waals surface area contributed by atoms with Crippen LogP contribution < -0.4 is 14.8 Å². The van der Waals surface area contributed by atoms with E-state index in [1.165, 1.54) is 11.0 Å². The molecule has 0 unspecified atom stereocenters. The molecular formula is C20H20N2O4. The second-order valence-electron chi connectivity index (χ2n) is 6.06. The lowest BCUT2D eigenvalue weighted by Gasteiger charge is -2.09. The van der Waals surface area contributed by atoms with Crippen molar-refractivity contribution in [1.82, 2.24) is 10.2 Å². The third kappa shape index (κ3) is 4.22. The molecule has 2 aromatic carbocycles. The van der Waals surface area contributed by atoms with Gasteiger partial charge in [-0.15, -0.1) is 0 Å². The topological polar surface area (TPSA) is 67.9 Å². The lowest BCUT2D eigenvalue weighted by molar-refractivity contribution is -0.116. The molecule has 0 saturated carbocycles. The Balaban J connectivity index is 1.53. The molecule has 0 fully saturated rings. The minimum Gasteiger partial charge on any atom is -0.454 e. The first-order valence-electron chi connectivity index (χ1n) is 8.19. The second kappa shape index (κ2) is 7.74. The van der Waals surface area contributed by atoms with Crippen LogP contribution in [0.15, 0.2) is 48.5 Å². The van der Waals surface area contributed by atoms with Crippen molar-refractivity contribution in [3.05, 3.63) is 65.2 Å². The molecule has 3 rings (SSSR count). The molecule has 0 saturated heterocycles. The zero-order valence-electron chi connectivity index (χ0n) is 14.7. The standard InChI is InChI=1S/C20H20N2O4/c1-22(2)20(24)16-7-3-14(4-8-16)6-10-19(23)21-12-15-5-9-17-18(11-15)26-13-25-17/h3-11H,12-13H2,1-2H3,(H,21,23)/b10-6+. The van der Waals surface area contributed by atoms with E-state index in [9.17, 15) is 9.59 Å². The summed E-state index contributed by atoms with van der Waals surface area (Å²) in [5.74, 6) is 1.16. The molecule has 26 heavy (non-hydrogen) atoms. The minimum atomic E-state index is -0.198. The first-order valence-corrected chi connectivity index (χ1v) is 8.19. The van der Waals surface area contributed by atoms with Gasteiger partial charge >= 0.3 is 0 Å². The lowest BCUT2D eigenvalue weighted by Crippen LogP contribution is -2.21. The van der Waals surface area contributed by atoms with Crippen LogP contribution in [-0.2, 0) is 11.3 Å².